The standard InChI is InChI=1S/C26H21ClN2O7S/c1-13-22(25(33)34-4)23(16-5-8-18(27)9-6-16)29-24(32)21(37-26(29)28-13)11-17-7-10-19(35-14(2)30)12-20(17)36-15(3)31/h5-12,23H,1-4H3. The van der Waals surface area contributed by atoms with Crippen molar-refractivity contribution in [2.24, 2.45) is 4.99 Å². The van der Waals surface area contributed by atoms with Crippen molar-refractivity contribution >= 4 is 46.9 Å². The summed E-state index contributed by atoms with van der Waals surface area (Å²) in [6.07, 6.45) is 1.55. The summed E-state index contributed by atoms with van der Waals surface area (Å²) in [4.78, 5) is 54.3. The van der Waals surface area contributed by atoms with E-state index in [2.05, 4.69) is 4.99 Å². The molecule has 1 atom stereocenters. The lowest BCUT2D eigenvalue weighted by Gasteiger charge is -2.24. The number of allylic oxidation sites excluding steroid dienone is 1. The van der Waals surface area contributed by atoms with Gasteiger partial charge in [0.05, 0.1) is 29.0 Å². The van der Waals surface area contributed by atoms with Crippen LogP contribution in [0.4, 0.5) is 0 Å². The Labute approximate surface area is 219 Å². The molecule has 11 heteroatoms. The van der Waals surface area contributed by atoms with Gasteiger partial charge in [0.2, 0.25) is 0 Å². The number of hydrogen-bond acceptors (Lipinski definition) is 9. The Kier molecular flexibility index (Phi) is 7.42. The van der Waals surface area contributed by atoms with E-state index in [0.717, 1.165) is 11.3 Å². The summed E-state index contributed by atoms with van der Waals surface area (Å²) in [7, 11) is 1.27. The van der Waals surface area contributed by atoms with Crippen molar-refractivity contribution in [3.63, 3.8) is 0 Å². The third kappa shape index (κ3) is 5.40. The van der Waals surface area contributed by atoms with Crippen LogP contribution in [0.1, 0.15) is 37.9 Å². The number of halogens is 1. The smallest absolute Gasteiger partial charge is 0.338 e. The highest BCUT2D eigenvalue weighted by atomic mass is 35.5. The first-order valence-corrected chi connectivity index (χ1v) is 12.2. The summed E-state index contributed by atoms with van der Waals surface area (Å²) in [5.74, 6) is -1.43. The van der Waals surface area contributed by atoms with Gasteiger partial charge in [0, 0.05) is 30.5 Å². The molecule has 0 aliphatic carbocycles. The average Bonchev–Trinajstić information content (AvgIpc) is 3.13. The number of benzene rings is 2. The highest BCUT2D eigenvalue weighted by Crippen LogP contribution is 2.31. The van der Waals surface area contributed by atoms with E-state index in [1.807, 2.05) is 0 Å². The van der Waals surface area contributed by atoms with Crippen molar-refractivity contribution in [1.29, 1.82) is 0 Å². The fourth-order valence-corrected chi connectivity index (χ4v) is 5.06. The molecule has 0 spiro atoms. The first kappa shape index (κ1) is 26.1. The van der Waals surface area contributed by atoms with Gasteiger partial charge in [0.25, 0.3) is 5.56 Å². The SMILES string of the molecule is COC(=O)C1=C(C)N=c2sc(=Cc3ccc(OC(C)=O)cc3OC(C)=O)c(=O)n2C1c1ccc(Cl)cc1. The van der Waals surface area contributed by atoms with Gasteiger partial charge in [-0.2, -0.15) is 0 Å². The van der Waals surface area contributed by atoms with Gasteiger partial charge < -0.3 is 14.2 Å². The molecule has 0 amide bonds. The van der Waals surface area contributed by atoms with Gasteiger partial charge in [-0.25, -0.2) is 9.79 Å². The summed E-state index contributed by atoms with van der Waals surface area (Å²) < 4.78 is 17.1. The lowest BCUT2D eigenvalue weighted by Crippen LogP contribution is -2.39. The van der Waals surface area contributed by atoms with Crippen LogP contribution in [0.2, 0.25) is 5.02 Å². The van der Waals surface area contributed by atoms with E-state index in [4.69, 9.17) is 25.8 Å². The van der Waals surface area contributed by atoms with Crippen LogP contribution in [0.3, 0.4) is 0 Å². The van der Waals surface area contributed by atoms with E-state index in [9.17, 15) is 19.2 Å². The zero-order chi connectivity index (χ0) is 26.9. The second-order valence-corrected chi connectivity index (χ2v) is 9.46. The summed E-state index contributed by atoms with van der Waals surface area (Å²) in [6, 6.07) is 10.5. The summed E-state index contributed by atoms with van der Waals surface area (Å²) in [6.45, 7) is 4.17. The van der Waals surface area contributed by atoms with E-state index in [0.29, 0.717) is 26.6 Å². The van der Waals surface area contributed by atoms with Crippen molar-refractivity contribution in [3.05, 3.63) is 89.6 Å². The molecule has 0 bridgehead atoms. The van der Waals surface area contributed by atoms with Crippen LogP contribution < -0.4 is 24.4 Å². The molecule has 9 nitrogen and oxygen atoms in total. The lowest BCUT2D eigenvalue weighted by atomic mass is 9.96. The van der Waals surface area contributed by atoms with Crippen LogP contribution in [-0.4, -0.2) is 29.6 Å². The molecule has 2 aromatic carbocycles. The molecule has 37 heavy (non-hydrogen) atoms. The van der Waals surface area contributed by atoms with Crippen molar-refractivity contribution in [2.75, 3.05) is 7.11 Å². The van der Waals surface area contributed by atoms with Crippen LogP contribution in [0.15, 0.2) is 63.5 Å². The third-order valence-corrected chi connectivity index (χ3v) is 6.63. The predicted octanol–water partition coefficient (Wildman–Crippen LogP) is 2.91. The van der Waals surface area contributed by atoms with Gasteiger partial charge in [-0.15, -0.1) is 0 Å². The molecule has 0 N–H and O–H groups in total. The maximum Gasteiger partial charge on any atom is 0.338 e. The van der Waals surface area contributed by atoms with Crippen molar-refractivity contribution in [1.82, 2.24) is 4.57 Å². The minimum Gasteiger partial charge on any atom is -0.466 e. The summed E-state index contributed by atoms with van der Waals surface area (Å²) in [5.41, 5.74) is 1.30. The van der Waals surface area contributed by atoms with Crippen LogP contribution in [-0.2, 0) is 19.1 Å². The van der Waals surface area contributed by atoms with Crippen molar-refractivity contribution in [2.45, 2.75) is 26.8 Å². The van der Waals surface area contributed by atoms with Crippen molar-refractivity contribution in [3.8, 4) is 11.5 Å². The average molecular weight is 541 g/mol. The minimum absolute atomic E-state index is 0.109. The molecule has 1 aromatic heterocycles. The molecule has 1 unspecified atom stereocenters. The van der Waals surface area contributed by atoms with Gasteiger partial charge in [-0.3, -0.25) is 19.0 Å². The number of esters is 3. The van der Waals surface area contributed by atoms with Gasteiger partial charge in [-0.05, 0) is 42.8 Å². The second-order valence-electron chi connectivity index (χ2n) is 8.01. The molecule has 4 rings (SSSR count). The summed E-state index contributed by atoms with van der Waals surface area (Å²) in [5, 5.41) is 0.506. The van der Waals surface area contributed by atoms with Gasteiger partial charge in [-0.1, -0.05) is 35.1 Å². The molecule has 3 aromatic rings. The molecule has 1 aliphatic rings. The molecule has 0 fully saturated rings. The number of rotatable bonds is 5. The topological polar surface area (TPSA) is 113 Å². The van der Waals surface area contributed by atoms with E-state index in [-0.39, 0.29) is 21.6 Å². The molecule has 1 aliphatic heterocycles. The molecular formula is C26H21ClN2O7S. The Hall–Kier alpha value is -4.02. The lowest BCUT2D eigenvalue weighted by molar-refractivity contribution is -0.137. The molecule has 2 heterocycles. The number of ether oxygens (including phenoxy) is 3. The minimum atomic E-state index is -0.789. The number of methoxy groups -OCH3 is 1. The van der Waals surface area contributed by atoms with Crippen LogP contribution in [0.5, 0.6) is 11.5 Å². The fraction of sp³-hybridized carbons (Fsp3) is 0.192. The zero-order valence-electron chi connectivity index (χ0n) is 20.2. The quantitative estimate of drug-likeness (QED) is 0.361. The summed E-state index contributed by atoms with van der Waals surface area (Å²) >= 11 is 7.18. The second kappa shape index (κ2) is 10.5. The zero-order valence-corrected chi connectivity index (χ0v) is 21.8. The van der Waals surface area contributed by atoms with Crippen LogP contribution in [0.25, 0.3) is 6.08 Å². The van der Waals surface area contributed by atoms with Crippen LogP contribution >= 0.6 is 22.9 Å². The number of carbonyl (C=O) groups excluding carboxylic acids is 3. The predicted molar refractivity (Wildman–Crippen MR) is 136 cm³/mol. The van der Waals surface area contributed by atoms with E-state index in [1.165, 1.54) is 37.7 Å². The van der Waals surface area contributed by atoms with E-state index in [1.54, 1.807) is 43.3 Å². The monoisotopic (exact) mass is 540 g/mol. The number of aromatic nitrogens is 1. The van der Waals surface area contributed by atoms with Crippen molar-refractivity contribution < 1.29 is 28.6 Å². The van der Waals surface area contributed by atoms with Gasteiger partial charge in [0.15, 0.2) is 4.80 Å². The Morgan fingerprint density at radius 2 is 1.73 bits per heavy atom. The number of hydrogen-bond donors (Lipinski definition) is 0. The van der Waals surface area contributed by atoms with Gasteiger partial charge >= 0.3 is 17.9 Å². The molecule has 0 saturated carbocycles. The van der Waals surface area contributed by atoms with E-state index >= 15 is 0 Å². The largest absolute Gasteiger partial charge is 0.466 e. The first-order chi connectivity index (χ1) is 17.6. The van der Waals surface area contributed by atoms with Crippen LogP contribution in [0, 0.1) is 0 Å². The Balaban J connectivity index is 1.93. The third-order valence-electron chi connectivity index (χ3n) is 5.40. The highest BCUT2D eigenvalue weighted by molar-refractivity contribution is 7.07. The Morgan fingerprint density at radius 3 is 2.35 bits per heavy atom. The highest BCUT2D eigenvalue weighted by Gasteiger charge is 2.33. The molecule has 0 radical (unpaired) electrons. The normalized spacial score (nSPS) is 15.1. The molecular weight excluding hydrogens is 520 g/mol. The number of thiazole rings is 1. The van der Waals surface area contributed by atoms with E-state index < -0.39 is 29.5 Å². The first-order valence-electron chi connectivity index (χ1n) is 11.0. The number of nitrogens with zero attached hydrogens (tertiary/aromatic N) is 2. The maximum atomic E-state index is 13.7. The fourth-order valence-electron chi connectivity index (χ4n) is 3.90. The Bertz CT molecular complexity index is 1630. The van der Waals surface area contributed by atoms with Gasteiger partial charge in [0.1, 0.15) is 11.5 Å². The maximum absolute atomic E-state index is 13.7. The number of carbonyl (C=O) groups is 3. The number of fused-ring (bicyclic) bond motifs is 1. The molecule has 0 saturated heterocycles. The Morgan fingerprint density at radius 1 is 1.05 bits per heavy atom. The molecule has 190 valence electrons.